The molecule has 0 saturated carbocycles. The minimum atomic E-state index is -0.736. The molecule has 1 aromatic heterocycles. The fraction of sp³-hybridized carbons (Fsp3) is 0.250. The maximum absolute atomic E-state index is 10.2. The van der Waals surface area contributed by atoms with Crippen molar-refractivity contribution in [3.63, 3.8) is 0 Å². The van der Waals surface area contributed by atoms with Crippen molar-refractivity contribution in [3.05, 3.63) is 52.3 Å². The van der Waals surface area contributed by atoms with Crippen molar-refractivity contribution >= 4 is 11.6 Å². The van der Waals surface area contributed by atoms with Crippen LogP contribution in [-0.2, 0) is 7.05 Å². The van der Waals surface area contributed by atoms with Crippen LogP contribution < -0.4 is 0 Å². The van der Waals surface area contributed by atoms with Gasteiger partial charge in [-0.25, -0.2) is 0 Å². The monoisotopic (exact) mass is 236 g/mol. The molecule has 0 aliphatic carbocycles. The van der Waals surface area contributed by atoms with Crippen molar-refractivity contribution in [2.24, 2.45) is 7.05 Å². The first kappa shape index (κ1) is 11.2. The zero-order chi connectivity index (χ0) is 11.7. The van der Waals surface area contributed by atoms with Crippen LogP contribution in [-0.4, -0.2) is 14.9 Å². The number of aromatic nitrogens is 2. The van der Waals surface area contributed by atoms with Crippen molar-refractivity contribution in [2.75, 3.05) is 0 Å². The van der Waals surface area contributed by atoms with E-state index in [0.29, 0.717) is 10.7 Å². The Labute approximate surface area is 99.3 Å². The number of aryl methyl sites for hydroxylation is 2. The van der Waals surface area contributed by atoms with Gasteiger partial charge in [-0.15, -0.1) is 0 Å². The summed E-state index contributed by atoms with van der Waals surface area (Å²) in [5, 5.41) is 14.7. The molecule has 0 aliphatic rings. The Hall–Kier alpha value is -1.32. The third-order valence-electron chi connectivity index (χ3n) is 2.55. The van der Waals surface area contributed by atoms with Crippen molar-refractivity contribution < 1.29 is 5.11 Å². The Morgan fingerprint density at radius 2 is 2.19 bits per heavy atom. The Morgan fingerprint density at radius 3 is 2.75 bits per heavy atom. The van der Waals surface area contributed by atoms with Crippen LogP contribution in [0.15, 0.2) is 30.5 Å². The van der Waals surface area contributed by atoms with Gasteiger partial charge >= 0.3 is 0 Å². The second-order valence-electron chi connectivity index (χ2n) is 3.82. The molecule has 4 heteroatoms. The van der Waals surface area contributed by atoms with Crippen LogP contribution in [0.4, 0.5) is 0 Å². The molecule has 0 amide bonds. The number of rotatable bonds is 2. The van der Waals surface area contributed by atoms with E-state index in [1.807, 2.05) is 31.2 Å². The molecule has 3 nitrogen and oxygen atoms in total. The molecule has 0 radical (unpaired) electrons. The molecule has 1 N–H and O–H groups in total. The second kappa shape index (κ2) is 4.28. The molecule has 0 fully saturated rings. The van der Waals surface area contributed by atoms with Crippen molar-refractivity contribution in [1.29, 1.82) is 0 Å². The number of aliphatic hydroxyl groups is 1. The Balaban J connectivity index is 2.43. The van der Waals surface area contributed by atoms with Gasteiger partial charge in [-0.3, -0.25) is 4.68 Å². The van der Waals surface area contributed by atoms with Gasteiger partial charge in [0.05, 0.1) is 16.9 Å². The highest BCUT2D eigenvalue weighted by Gasteiger charge is 2.18. The van der Waals surface area contributed by atoms with Gasteiger partial charge in [0, 0.05) is 7.05 Å². The van der Waals surface area contributed by atoms with E-state index in [9.17, 15) is 5.11 Å². The van der Waals surface area contributed by atoms with Gasteiger partial charge in [-0.2, -0.15) is 5.10 Å². The van der Waals surface area contributed by atoms with Crippen molar-refractivity contribution in [1.82, 2.24) is 9.78 Å². The summed E-state index contributed by atoms with van der Waals surface area (Å²) in [6.07, 6.45) is 0.801. The van der Waals surface area contributed by atoms with E-state index in [1.165, 1.54) is 6.20 Å². The summed E-state index contributed by atoms with van der Waals surface area (Å²) in [6.45, 7) is 1.99. The van der Waals surface area contributed by atoms with Crippen LogP contribution in [0.3, 0.4) is 0 Å². The summed E-state index contributed by atoms with van der Waals surface area (Å²) in [7, 11) is 1.76. The van der Waals surface area contributed by atoms with Crippen molar-refractivity contribution in [3.8, 4) is 0 Å². The van der Waals surface area contributed by atoms with Crippen LogP contribution in [0, 0.1) is 6.92 Å². The van der Waals surface area contributed by atoms with Crippen LogP contribution in [0.5, 0.6) is 0 Å². The average Bonchev–Trinajstić information content (AvgIpc) is 2.58. The summed E-state index contributed by atoms with van der Waals surface area (Å²) in [5.41, 5.74) is 2.55. The molecule has 1 atom stereocenters. The summed E-state index contributed by atoms with van der Waals surface area (Å²) in [6, 6.07) is 7.72. The highest BCUT2D eigenvalue weighted by molar-refractivity contribution is 6.31. The van der Waals surface area contributed by atoms with E-state index < -0.39 is 6.10 Å². The Bertz CT molecular complexity index is 488. The molecule has 0 aliphatic heterocycles. The van der Waals surface area contributed by atoms with E-state index in [1.54, 1.807) is 11.7 Å². The molecule has 0 bridgehead atoms. The number of nitrogens with zero attached hydrogens (tertiary/aromatic N) is 2. The fourth-order valence-electron chi connectivity index (χ4n) is 1.73. The lowest BCUT2D eigenvalue weighted by molar-refractivity contribution is 0.210. The standard InChI is InChI=1S/C12H13ClN2O/c1-8-4-3-5-9(6-8)12(16)11-10(13)7-14-15(11)2/h3-7,12,16H,1-2H3. The van der Waals surface area contributed by atoms with E-state index in [2.05, 4.69) is 5.10 Å². The van der Waals surface area contributed by atoms with Gasteiger partial charge in [0.2, 0.25) is 0 Å². The molecule has 1 unspecified atom stereocenters. The number of benzene rings is 1. The molecule has 1 heterocycles. The lowest BCUT2D eigenvalue weighted by Crippen LogP contribution is -2.07. The maximum Gasteiger partial charge on any atom is 0.122 e. The SMILES string of the molecule is Cc1cccc(C(O)c2c(Cl)cnn2C)c1. The first-order valence-electron chi connectivity index (χ1n) is 5.01. The van der Waals surface area contributed by atoms with Crippen LogP contribution >= 0.6 is 11.6 Å². The van der Waals surface area contributed by atoms with Crippen LogP contribution in [0.1, 0.15) is 22.9 Å². The summed E-state index contributed by atoms with van der Waals surface area (Å²) < 4.78 is 1.59. The lowest BCUT2D eigenvalue weighted by Gasteiger charge is -2.12. The summed E-state index contributed by atoms with van der Waals surface area (Å²) in [5.74, 6) is 0. The van der Waals surface area contributed by atoms with E-state index in [-0.39, 0.29) is 0 Å². The van der Waals surface area contributed by atoms with Crippen LogP contribution in [0.2, 0.25) is 5.02 Å². The van der Waals surface area contributed by atoms with E-state index >= 15 is 0 Å². The van der Waals surface area contributed by atoms with Gasteiger partial charge in [-0.05, 0) is 12.5 Å². The fourth-order valence-corrected chi connectivity index (χ4v) is 2.00. The third-order valence-corrected chi connectivity index (χ3v) is 2.85. The normalized spacial score (nSPS) is 12.8. The van der Waals surface area contributed by atoms with Gasteiger partial charge < -0.3 is 5.11 Å². The lowest BCUT2D eigenvalue weighted by atomic mass is 10.0. The van der Waals surface area contributed by atoms with Gasteiger partial charge in [0.25, 0.3) is 0 Å². The molecule has 2 aromatic rings. The molecule has 1 aromatic carbocycles. The minimum Gasteiger partial charge on any atom is -0.382 e. The molecule has 0 saturated heterocycles. The highest BCUT2D eigenvalue weighted by Crippen LogP contribution is 2.27. The number of halogens is 1. The first-order valence-corrected chi connectivity index (χ1v) is 5.39. The van der Waals surface area contributed by atoms with Crippen LogP contribution in [0.25, 0.3) is 0 Å². The zero-order valence-electron chi connectivity index (χ0n) is 9.18. The highest BCUT2D eigenvalue weighted by atomic mass is 35.5. The summed E-state index contributed by atoms with van der Waals surface area (Å²) in [4.78, 5) is 0. The topological polar surface area (TPSA) is 38.1 Å². The predicted molar refractivity (Wildman–Crippen MR) is 63.5 cm³/mol. The Kier molecular flexibility index (Phi) is 2.99. The average molecular weight is 237 g/mol. The molecule has 84 valence electrons. The number of aliphatic hydroxyl groups excluding tert-OH is 1. The number of hydrogen-bond acceptors (Lipinski definition) is 2. The predicted octanol–water partition coefficient (Wildman–Crippen LogP) is 2.46. The Morgan fingerprint density at radius 1 is 1.44 bits per heavy atom. The summed E-state index contributed by atoms with van der Waals surface area (Å²) >= 11 is 5.99. The van der Waals surface area contributed by atoms with Gasteiger partial charge in [0.15, 0.2) is 0 Å². The smallest absolute Gasteiger partial charge is 0.122 e. The quantitative estimate of drug-likeness (QED) is 0.870. The molecular formula is C12H13ClN2O. The zero-order valence-corrected chi connectivity index (χ0v) is 9.94. The molecule has 0 spiro atoms. The van der Waals surface area contributed by atoms with Gasteiger partial charge in [-0.1, -0.05) is 41.4 Å². The molecule has 2 rings (SSSR count). The van der Waals surface area contributed by atoms with E-state index in [4.69, 9.17) is 11.6 Å². The molecule has 16 heavy (non-hydrogen) atoms. The third kappa shape index (κ3) is 1.96. The largest absolute Gasteiger partial charge is 0.382 e. The maximum atomic E-state index is 10.2. The minimum absolute atomic E-state index is 0.483. The number of hydrogen-bond donors (Lipinski definition) is 1. The van der Waals surface area contributed by atoms with Gasteiger partial charge in [0.1, 0.15) is 6.10 Å². The first-order chi connectivity index (χ1) is 7.59. The molecular weight excluding hydrogens is 224 g/mol. The second-order valence-corrected chi connectivity index (χ2v) is 4.23. The van der Waals surface area contributed by atoms with E-state index in [0.717, 1.165) is 11.1 Å². The van der Waals surface area contributed by atoms with Crippen molar-refractivity contribution in [2.45, 2.75) is 13.0 Å².